The fourth-order valence-electron chi connectivity index (χ4n) is 3.59. The molecule has 6 nitrogen and oxygen atoms in total. The number of carbonyl (C=O) groups excluding carboxylic acids is 2. The van der Waals surface area contributed by atoms with Crippen LogP contribution in [0, 0.1) is 5.92 Å². The number of aliphatic hydroxyl groups excluding tert-OH is 1. The van der Waals surface area contributed by atoms with Crippen LogP contribution in [0.4, 0.5) is 17.1 Å². The summed E-state index contributed by atoms with van der Waals surface area (Å²) in [5.74, 6) is -0.403. The second-order valence-corrected chi connectivity index (χ2v) is 6.82. The number of benzene rings is 1. The van der Waals surface area contributed by atoms with Crippen LogP contribution in [0.1, 0.15) is 38.5 Å². The van der Waals surface area contributed by atoms with Gasteiger partial charge in [-0.15, -0.1) is 0 Å². The molecule has 0 spiro atoms. The SMILES string of the molecule is CN1CC(=O)Nc2cc(NC(=O)C(O)C3CCCCCC3)ccc21. The molecule has 0 bridgehead atoms. The topological polar surface area (TPSA) is 81.7 Å². The number of amides is 2. The summed E-state index contributed by atoms with van der Waals surface area (Å²) in [6.45, 7) is 0.319. The zero-order chi connectivity index (χ0) is 17.1. The Morgan fingerprint density at radius 3 is 2.71 bits per heavy atom. The Morgan fingerprint density at radius 1 is 1.29 bits per heavy atom. The van der Waals surface area contributed by atoms with Gasteiger partial charge in [-0.05, 0) is 37.0 Å². The molecule has 24 heavy (non-hydrogen) atoms. The number of aliphatic hydroxyl groups is 1. The van der Waals surface area contributed by atoms with E-state index in [0.717, 1.165) is 31.4 Å². The Kier molecular flexibility index (Phi) is 5.04. The number of hydrogen-bond donors (Lipinski definition) is 3. The van der Waals surface area contributed by atoms with Crippen molar-refractivity contribution < 1.29 is 14.7 Å². The van der Waals surface area contributed by atoms with Gasteiger partial charge < -0.3 is 20.6 Å². The van der Waals surface area contributed by atoms with Crippen molar-refractivity contribution in [3.05, 3.63) is 18.2 Å². The van der Waals surface area contributed by atoms with Crippen LogP contribution in [0.3, 0.4) is 0 Å². The highest BCUT2D eigenvalue weighted by Crippen LogP contribution is 2.31. The van der Waals surface area contributed by atoms with E-state index in [1.165, 1.54) is 12.8 Å². The molecular weight excluding hydrogens is 306 g/mol. The third-order valence-corrected chi connectivity index (χ3v) is 4.95. The van der Waals surface area contributed by atoms with Gasteiger partial charge in [-0.25, -0.2) is 0 Å². The molecule has 0 saturated heterocycles. The predicted molar refractivity (Wildman–Crippen MR) is 94.2 cm³/mol. The zero-order valence-corrected chi connectivity index (χ0v) is 14.0. The Balaban J connectivity index is 1.68. The molecule has 130 valence electrons. The van der Waals surface area contributed by atoms with E-state index in [2.05, 4.69) is 10.6 Å². The number of rotatable bonds is 3. The van der Waals surface area contributed by atoms with Crippen molar-refractivity contribution in [3.63, 3.8) is 0 Å². The summed E-state index contributed by atoms with van der Waals surface area (Å²) in [5.41, 5.74) is 2.18. The van der Waals surface area contributed by atoms with Crippen LogP contribution in [0.5, 0.6) is 0 Å². The van der Waals surface area contributed by atoms with E-state index in [9.17, 15) is 14.7 Å². The quantitative estimate of drug-likeness (QED) is 0.743. The van der Waals surface area contributed by atoms with Gasteiger partial charge in [-0.2, -0.15) is 0 Å². The van der Waals surface area contributed by atoms with Gasteiger partial charge in [0.1, 0.15) is 6.10 Å². The molecular formula is C18H25N3O3. The number of hydrogen-bond acceptors (Lipinski definition) is 4. The molecule has 2 amide bonds. The first kappa shape index (κ1) is 16.8. The summed E-state index contributed by atoms with van der Waals surface area (Å²) < 4.78 is 0. The van der Waals surface area contributed by atoms with Crippen molar-refractivity contribution in [1.82, 2.24) is 0 Å². The highest BCUT2D eigenvalue weighted by molar-refractivity contribution is 6.02. The van der Waals surface area contributed by atoms with E-state index < -0.39 is 6.10 Å². The van der Waals surface area contributed by atoms with Crippen LogP contribution < -0.4 is 15.5 Å². The largest absolute Gasteiger partial charge is 0.383 e. The van der Waals surface area contributed by atoms with Crippen LogP contribution in [0.2, 0.25) is 0 Å². The van der Waals surface area contributed by atoms with Crippen molar-refractivity contribution in [1.29, 1.82) is 0 Å². The third kappa shape index (κ3) is 3.70. The maximum Gasteiger partial charge on any atom is 0.253 e. The summed E-state index contributed by atoms with van der Waals surface area (Å²) in [7, 11) is 1.85. The van der Waals surface area contributed by atoms with Gasteiger partial charge in [0, 0.05) is 12.7 Å². The Labute approximate surface area is 142 Å². The minimum absolute atomic E-state index is 0.0379. The third-order valence-electron chi connectivity index (χ3n) is 4.95. The Hall–Kier alpha value is -2.08. The van der Waals surface area contributed by atoms with Crippen LogP contribution >= 0.6 is 0 Å². The average Bonchev–Trinajstić information content (AvgIpc) is 2.82. The molecule has 0 radical (unpaired) electrons. The van der Waals surface area contributed by atoms with E-state index in [1.54, 1.807) is 12.1 Å². The van der Waals surface area contributed by atoms with E-state index in [1.807, 2.05) is 18.0 Å². The molecule has 1 heterocycles. The highest BCUT2D eigenvalue weighted by atomic mass is 16.3. The van der Waals surface area contributed by atoms with Gasteiger partial charge in [0.25, 0.3) is 5.91 Å². The first-order valence-corrected chi connectivity index (χ1v) is 8.68. The molecule has 6 heteroatoms. The monoisotopic (exact) mass is 331 g/mol. The molecule has 1 unspecified atom stereocenters. The lowest BCUT2D eigenvalue weighted by molar-refractivity contribution is -0.126. The number of anilines is 3. The van der Waals surface area contributed by atoms with Crippen LogP contribution in [-0.2, 0) is 9.59 Å². The lowest BCUT2D eigenvalue weighted by Crippen LogP contribution is -2.36. The van der Waals surface area contributed by atoms with Crippen LogP contribution in [0.15, 0.2) is 18.2 Å². The molecule has 0 aromatic heterocycles. The molecule has 1 fully saturated rings. The number of likely N-dealkylation sites (N-methyl/N-ethyl adjacent to an activating group) is 1. The molecule has 1 atom stereocenters. The number of carbonyl (C=O) groups is 2. The maximum atomic E-state index is 12.4. The Morgan fingerprint density at radius 2 is 2.00 bits per heavy atom. The van der Waals surface area contributed by atoms with Crippen LogP contribution in [0.25, 0.3) is 0 Å². The normalized spacial score (nSPS) is 19.9. The smallest absolute Gasteiger partial charge is 0.253 e. The summed E-state index contributed by atoms with van der Waals surface area (Å²) in [4.78, 5) is 25.9. The number of nitrogens with one attached hydrogen (secondary N) is 2. The predicted octanol–water partition coefficient (Wildman–Crippen LogP) is 2.34. The number of fused-ring (bicyclic) bond motifs is 1. The molecule has 3 rings (SSSR count). The second-order valence-electron chi connectivity index (χ2n) is 6.82. The minimum Gasteiger partial charge on any atom is -0.383 e. The van der Waals surface area contributed by atoms with Crippen molar-refractivity contribution in [2.75, 3.05) is 29.1 Å². The summed E-state index contributed by atoms with van der Waals surface area (Å²) >= 11 is 0. The summed E-state index contributed by atoms with van der Waals surface area (Å²) in [6.07, 6.45) is 5.35. The van der Waals surface area contributed by atoms with Gasteiger partial charge in [0.15, 0.2) is 0 Å². The molecule has 3 N–H and O–H groups in total. The van der Waals surface area contributed by atoms with Gasteiger partial charge >= 0.3 is 0 Å². The molecule has 1 saturated carbocycles. The first-order valence-electron chi connectivity index (χ1n) is 8.68. The minimum atomic E-state index is -0.976. The van der Waals surface area contributed by atoms with E-state index in [0.29, 0.717) is 17.9 Å². The van der Waals surface area contributed by atoms with E-state index >= 15 is 0 Å². The van der Waals surface area contributed by atoms with Gasteiger partial charge in [-0.3, -0.25) is 9.59 Å². The molecule has 1 aromatic rings. The second kappa shape index (κ2) is 7.21. The highest BCUT2D eigenvalue weighted by Gasteiger charge is 2.27. The van der Waals surface area contributed by atoms with Crippen LogP contribution in [-0.4, -0.2) is 36.6 Å². The summed E-state index contributed by atoms with van der Waals surface area (Å²) in [6, 6.07) is 5.40. The van der Waals surface area contributed by atoms with Gasteiger partial charge in [0.2, 0.25) is 5.91 Å². The molecule has 1 aliphatic carbocycles. The fraction of sp³-hybridized carbons (Fsp3) is 0.556. The lowest BCUT2D eigenvalue weighted by Gasteiger charge is -2.28. The lowest BCUT2D eigenvalue weighted by atomic mass is 9.93. The Bertz CT molecular complexity index is 624. The van der Waals surface area contributed by atoms with Crippen molar-refractivity contribution in [2.45, 2.75) is 44.6 Å². The fourth-order valence-corrected chi connectivity index (χ4v) is 3.59. The maximum absolute atomic E-state index is 12.4. The molecule has 1 aliphatic heterocycles. The van der Waals surface area contributed by atoms with E-state index in [-0.39, 0.29) is 17.7 Å². The van der Waals surface area contributed by atoms with E-state index in [4.69, 9.17) is 0 Å². The number of nitrogens with zero attached hydrogens (tertiary/aromatic N) is 1. The van der Waals surface area contributed by atoms with Crippen molar-refractivity contribution in [2.24, 2.45) is 5.92 Å². The van der Waals surface area contributed by atoms with Crippen molar-refractivity contribution >= 4 is 28.9 Å². The van der Waals surface area contributed by atoms with Gasteiger partial charge in [-0.1, -0.05) is 25.7 Å². The molecule has 2 aliphatic rings. The standard InChI is InChI=1S/C18H25N3O3/c1-21-11-16(22)20-14-10-13(8-9-15(14)21)19-18(24)17(23)12-6-4-2-3-5-7-12/h8-10,12,17,23H,2-7,11H2,1H3,(H,19,24)(H,20,22). The zero-order valence-electron chi connectivity index (χ0n) is 14.0. The molecule has 1 aromatic carbocycles. The first-order chi connectivity index (χ1) is 11.5. The summed E-state index contributed by atoms with van der Waals surface area (Å²) in [5, 5.41) is 16.0. The van der Waals surface area contributed by atoms with Crippen molar-refractivity contribution in [3.8, 4) is 0 Å². The van der Waals surface area contributed by atoms with Gasteiger partial charge in [0.05, 0.1) is 17.9 Å². The average molecular weight is 331 g/mol.